The lowest BCUT2D eigenvalue weighted by atomic mass is 9.86. The van der Waals surface area contributed by atoms with E-state index < -0.39 is 0 Å². The largest absolute Gasteiger partial charge is 0.270 e. The van der Waals surface area contributed by atoms with Gasteiger partial charge in [-0.1, -0.05) is 13.3 Å². The summed E-state index contributed by atoms with van der Waals surface area (Å²) in [4.78, 5) is 0. The van der Waals surface area contributed by atoms with E-state index in [4.69, 9.17) is 11.6 Å². The monoisotopic (exact) mass is 254 g/mol. The predicted octanol–water partition coefficient (Wildman–Crippen LogP) is 4.19. The van der Waals surface area contributed by atoms with E-state index in [0.717, 1.165) is 25.2 Å². The number of alkyl halides is 1. The van der Waals surface area contributed by atoms with Gasteiger partial charge in [0.05, 0.1) is 5.69 Å². The summed E-state index contributed by atoms with van der Waals surface area (Å²) in [5.74, 6) is 0.742. The van der Waals surface area contributed by atoms with Crippen LogP contribution in [0.4, 0.5) is 0 Å². The highest BCUT2D eigenvalue weighted by atomic mass is 35.5. The highest BCUT2D eigenvalue weighted by Crippen LogP contribution is 2.30. The van der Waals surface area contributed by atoms with Crippen molar-refractivity contribution in [2.75, 3.05) is 0 Å². The van der Waals surface area contributed by atoms with Crippen LogP contribution in [0.15, 0.2) is 12.3 Å². The molecule has 1 saturated carbocycles. The SMILES string of the molecule is CCC(C)n1ccc(CC2CCCC(Cl)C2)n1. The van der Waals surface area contributed by atoms with Crippen LogP contribution in [0.2, 0.25) is 0 Å². The summed E-state index contributed by atoms with van der Waals surface area (Å²) in [5.41, 5.74) is 1.24. The highest BCUT2D eigenvalue weighted by molar-refractivity contribution is 6.20. The van der Waals surface area contributed by atoms with Crippen molar-refractivity contribution in [2.45, 2.75) is 63.8 Å². The number of hydrogen-bond donors (Lipinski definition) is 0. The first-order valence-corrected chi connectivity index (χ1v) is 7.30. The number of aromatic nitrogens is 2. The van der Waals surface area contributed by atoms with Crippen molar-refractivity contribution in [1.82, 2.24) is 9.78 Å². The Balaban J connectivity index is 1.92. The van der Waals surface area contributed by atoms with E-state index in [-0.39, 0.29) is 0 Å². The molecule has 3 atom stereocenters. The number of hydrogen-bond acceptors (Lipinski definition) is 1. The van der Waals surface area contributed by atoms with E-state index in [1.165, 1.54) is 25.0 Å². The number of halogens is 1. The Bertz CT molecular complexity index is 348. The predicted molar refractivity (Wildman–Crippen MR) is 72.5 cm³/mol. The molecule has 1 fully saturated rings. The van der Waals surface area contributed by atoms with Crippen LogP contribution in [0.1, 0.15) is 57.7 Å². The molecule has 1 heterocycles. The molecule has 2 nitrogen and oxygen atoms in total. The van der Waals surface area contributed by atoms with Crippen LogP contribution in [0.5, 0.6) is 0 Å². The smallest absolute Gasteiger partial charge is 0.0627 e. The Hall–Kier alpha value is -0.500. The maximum atomic E-state index is 6.23. The summed E-state index contributed by atoms with van der Waals surface area (Å²) in [5, 5.41) is 5.07. The van der Waals surface area contributed by atoms with E-state index >= 15 is 0 Å². The Labute approximate surface area is 109 Å². The summed E-state index contributed by atoms with van der Waals surface area (Å²) in [6, 6.07) is 2.68. The molecule has 0 amide bonds. The Kier molecular flexibility index (Phi) is 4.49. The number of rotatable bonds is 4. The van der Waals surface area contributed by atoms with Crippen molar-refractivity contribution in [3.63, 3.8) is 0 Å². The van der Waals surface area contributed by atoms with Gasteiger partial charge in [0.1, 0.15) is 0 Å². The molecule has 0 N–H and O–H groups in total. The van der Waals surface area contributed by atoms with E-state index in [2.05, 4.69) is 35.9 Å². The molecular formula is C14H23ClN2. The van der Waals surface area contributed by atoms with Crippen LogP contribution in [0, 0.1) is 5.92 Å². The Morgan fingerprint density at radius 3 is 3.06 bits per heavy atom. The molecule has 17 heavy (non-hydrogen) atoms. The zero-order chi connectivity index (χ0) is 12.3. The summed E-state index contributed by atoms with van der Waals surface area (Å²) >= 11 is 6.23. The molecule has 0 saturated heterocycles. The van der Waals surface area contributed by atoms with Gasteiger partial charge in [0.2, 0.25) is 0 Å². The maximum Gasteiger partial charge on any atom is 0.0627 e. The van der Waals surface area contributed by atoms with E-state index in [9.17, 15) is 0 Å². The molecule has 2 rings (SSSR count). The molecule has 96 valence electrons. The second-order valence-corrected chi connectivity index (χ2v) is 6.00. The fourth-order valence-electron chi connectivity index (χ4n) is 2.63. The van der Waals surface area contributed by atoms with E-state index in [0.29, 0.717) is 11.4 Å². The summed E-state index contributed by atoms with van der Waals surface area (Å²) in [6.45, 7) is 4.41. The Morgan fingerprint density at radius 1 is 1.53 bits per heavy atom. The van der Waals surface area contributed by atoms with Gasteiger partial charge >= 0.3 is 0 Å². The summed E-state index contributed by atoms with van der Waals surface area (Å²) in [6.07, 6.45) is 9.31. The molecular weight excluding hydrogens is 232 g/mol. The van der Waals surface area contributed by atoms with Crippen molar-refractivity contribution in [3.05, 3.63) is 18.0 Å². The van der Waals surface area contributed by atoms with Crippen LogP contribution < -0.4 is 0 Å². The van der Waals surface area contributed by atoms with Crippen molar-refractivity contribution in [3.8, 4) is 0 Å². The second-order valence-electron chi connectivity index (χ2n) is 5.38. The third-order valence-electron chi connectivity index (χ3n) is 3.92. The first-order chi connectivity index (χ1) is 8.19. The minimum absolute atomic E-state index is 0.394. The average Bonchev–Trinajstić information content (AvgIpc) is 2.76. The summed E-state index contributed by atoms with van der Waals surface area (Å²) in [7, 11) is 0. The van der Waals surface area contributed by atoms with Crippen molar-refractivity contribution in [1.29, 1.82) is 0 Å². The maximum absolute atomic E-state index is 6.23. The van der Waals surface area contributed by atoms with Gasteiger partial charge in [0.15, 0.2) is 0 Å². The lowest BCUT2D eigenvalue weighted by molar-refractivity contribution is 0.356. The van der Waals surface area contributed by atoms with E-state index in [1.54, 1.807) is 0 Å². The van der Waals surface area contributed by atoms with Gasteiger partial charge in [-0.15, -0.1) is 11.6 Å². The zero-order valence-electron chi connectivity index (χ0n) is 10.9. The fraction of sp³-hybridized carbons (Fsp3) is 0.786. The molecule has 3 unspecified atom stereocenters. The standard InChI is InChI=1S/C14H23ClN2/c1-3-11(2)17-8-7-14(16-17)10-12-5-4-6-13(15)9-12/h7-8,11-13H,3-6,9-10H2,1-2H3. The molecule has 1 aliphatic rings. The van der Waals surface area contributed by atoms with Crippen molar-refractivity contribution in [2.24, 2.45) is 5.92 Å². The lowest BCUT2D eigenvalue weighted by Crippen LogP contribution is -2.17. The molecule has 1 aromatic heterocycles. The van der Waals surface area contributed by atoms with Gasteiger partial charge in [-0.3, -0.25) is 4.68 Å². The minimum atomic E-state index is 0.394. The van der Waals surface area contributed by atoms with Crippen LogP contribution in [-0.2, 0) is 6.42 Å². The second kappa shape index (κ2) is 5.90. The molecule has 1 aromatic rings. The van der Waals surface area contributed by atoms with Gasteiger partial charge < -0.3 is 0 Å². The average molecular weight is 255 g/mol. The fourth-order valence-corrected chi connectivity index (χ4v) is 3.03. The van der Waals surface area contributed by atoms with Crippen LogP contribution in [0.3, 0.4) is 0 Å². The molecule has 0 aromatic carbocycles. The third kappa shape index (κ3) is 3.48. The van der Waals surface area contributed by atoms with Crippen molar-refractivity contribution < 1.29 is 0 Å². The minimum Gasteiger partial charge on any atom is -0.270 e. The summed E-state index contributed by atoms with van der Waals surface area (Å²) < 4.78 is 2.09. The third-order valence-corrected chi connectivity index (χ3v) is 4.32. The molecule has 0 radical (unpaired) electrons. The first kappa shape index (κ1) is 12.9. The lowest BCUT2D eigenvalue weighted by Gasteiger charge is -2.24. The molecule has 3 heteroatoms. The topological polar surface area (TPSA) is 17.8 Å². The van der Waals surface area contributed by atoms with Crippen LogP contribution in [-0.4, -0.2) is 15.2 Å². The van der Waals surface area contributed by atoms with Gasteiger partial charge in [0, 0.05) is 17.6 Å². The van der Waals surface area contributed by atoms with Gasteiger partial charge in [0.25, 0.3) is 0 Å². The number of nitrogens with zero attached hydrogens (tertiary/aromatic N) is 2. The quantitative estimate of drug-likeness (QED) is 0.737. The molecule has 0 aliphatic heterocycles. The zero-order valence-corrected chi connectivity index (χ0v) is 11.7. The van der Waals surface area contributed by atoms with Gasteiger partial charge in [-0.2, -0.15) is 5.10 Å². The van der Waals surface area contributed by atoms with Gasteiger partial charge in [-0.25, -0.2) is 0 Å². The highest BCUT2D eigenvalue weighted by Gasteiger charge is 2.21. The van der Waals surface area contributed by atoms with Gasteiger partial charge in [-0.05, 0) is 51.0 Å². The van der Waals surface area contributed by atoms with Crippen LogP contribution >= 0.6 is 11.6 Å². The molecule has 0 spiro atoms. The molecule has 1 aliphatic carbocycles. The normalized spacial score (nSPS) is 27.0. The van der Waals surface area contributed by atoms with Crippen molar-refractivity contribution >= 4 is 11.6 Å². The Morgan fingerprint density at radius 2 is 2.35 bits per heavy atom. The first-order valence-electron chi connectivity index (χ1n) is 6.87. The van der Waals surface area contributed by atoms with Crippen LogP contribution in [0.25, 0.3) is 0 Å². The van der Waals surface area contributed by atoms with E-state index in [1.807, 2.05) is 0 Å². The molecule has 0 bridgehead atoms.